The van der Waals surface area contributed by atoms with Crippen molar-refractivity contribution in [2.24, 2.45) is 0 Å². The molecule has 2 atom stereocenters. The van der Waals surface area contributed by atoms with Gasteiger partial charge in [-0.1, -0.05) is 92.2 Å². The van der Waals surface area contributed by atoms with Crippen molar-refractivity contribution in [3.05, 3.63) is 57.6 Å². The molecule has 3 heteroatoms. The molecule has 1 aliphatic carbocycles. The summed E-state index contributed by atoms with van der Waals surface area (Å²) in [7, 11) is 3.64. The SMILES string of the molecule is COc1c2cc(C(C)(C)C)cc1[C@H]1O[C@H]1c1cc(C(C)(C)C)cc(c1OC)CCCCCCCCCC2. The van der Waals surface area contributed by atoms with E-state index >= 15 is 0 Å². The molecule has 0 unspecified atom stereocenters. The van der Waals surface area contributed by atoms with E-state index in [2.05, 4.69) is 65.8 Å². The maximum atomic E-state index is 6.52. The van der Waals surface area contributed by atoms with Gasteiger partial charge in [-0.2, -0.15) is 0 Å². The number of epoxide rings is 1. The van der Waals surface area contributed by atoms with Crippen molar-refractivity contribution in [3.63, 3.8) is 0 Å². The Morgan fingerprint density at radius 3 is 1.24 bits per heavy atom. The monoisotopic (exact) mass is 506 g/mol. The highest BCUT2D eigenvalue weighted by atomic mass is 16.6. The van der Waals surface area contributed by atoms with Crippen LogP contribution >= 0.6 is 0 Å². The van der Waals surface area contributed by atoms with Crippen molar-refractivity contribution in [1.29, 1.82) is 0 Å². The minimum atomic E-state index is -0.00754. The minimum absolute atomic E-state index is 0.00754. The first kappa shape index (κ1) is 28.0. The van der Waals surface area contributed by atoms with Gasteiger partial charge in [0.2, 0.25) is 0 Å². The number of rotatable bonds is 2. The lowest BCUT2D eigenvalue weighted by Gasteiger charge is -2.24. The van der Waals surface area contributed by atoms with Crippen LogP contribution in [0.25, 0.3) is 0 Å². The summed E-state index contributed by atoms with van der Waals surface area (Å²) in [5.74, 6) is 2.04. The molecular formula is C34H50O3. The van der Waals surface area contributed by atoms with Gasteiger partial charge in [-0.15, -0.1) is 0 Å². The molecule has 1 fully saturated rings. The van der Waals surface area contributed by atoms with Crippen LogP contribution in [0.3, 0.4) is 0 Å². The highest BCUT2D eigenvalue weighted by Crippen LogP contribution is 2.57. The first-order valence-electron chi connectivity index (χ1n) is 14.6. The number of hydrogen-bond donors (Lipinski definition) is 0. The average Bonchev–Trinajstić information content (AvgIpc) is 3.63. The van der Waals surface area contributed by atoms with Gasteiger partial charge in [0.15, 0.2) is 0 Å². The quantitative estimate of drug-likeness (QED) is 0.380. The van der Waals surface area contributed by atoms with Crippen LogP contribution in [0.4, 0.5) is 0 Å². The van der Waals surface area contributed by atoms with E-state index in [0.29, 0.717) is 0 Å². The number of hydrogen-bond acceptors (Lipinski definition) is 3. The van der Waals surface area contributed by atoms with Crippen LogP contribution < -0.4 is 9.47 Å². The highest BCUT2D eigenvalue weighted by Gasteiger charge is 2.46. The molecule has 0 amide bonds. The molecule has 0 saturated carbocycles. The van der Waals surface area contributed by atoms with Crippen molar-refractivity contribution in [2.75, 3.05) is 14.2 Å². The normalized spacial score (nSPS) is 21.4. The van der Waals surface area contributed by atoms with Gasteiger partial charge in [-0.05, 0) is 70.9 Å². The average molecular weight is 507 g/mol. The summed E-state index contributed by atoms with van der Waals surface area (Å²) in [5, 5.41) is 0. The predicted molar refractivity (Wildman–Crippen MR) is 154 cm³/mol. The fraction of sp³-hybridized carbons (Fsp3) is 0.647. The van der Waals surface area contributed by atoms with E-state index in [1.54, 1.807) is 0 Å². The molecule has 1 saturated heterocycles. The van der Waals surface area contributed by atoms with Gasteiger partial charge in [0.25, 0.3) is 0 Å². The lowest BCUT2D eigenvalue weighted by molar-refractivity contribution is 0.354. The zero-order valence-electron chi connectivity index (χ0n) is 24.8. The number of benzene rings is 2. The Morgan fingerprint density at radius 2 is 0.919 bits per heavy atom. The van der Waals surface area contributed by atoms with Gasteiger partial charge in [0.05, 0.1) is 14.2 Å². The second kappa shape index (κ2) is 11.4. The Kier molecular flexibility index (Phi) is 8.63. The highest BCUT2D eigenvalue weighted by molar-refractivity contribution is 5.54. The van der Waals surface area contributed by atoms with Crippen LogP contribution in [0.2, 0.25) is 0 Å². The van der Waals surface area contributed by atoms with E-state index in [1.807, 2.05) is 14.2 Å². The van der Waals surface area contributed by atoms with Crippen molar-refractivity contribution in [2.45, 2.75) is 129 Å². The summed E-state index contributed by atoms with van der Waals surface area (Å²) in [4.78, 5) is 0. The molecule has 2 aromatic rings. The number of fused-ring (bicyclic) bond motifs is 7. The molecule has 0 aromatic heterocycles. The molecule has 1 heterocycles. The van der Waals surface area contributed by atoms with E-state index in [0.717, 1.165) is 24.3 Å². The Bertz CT molecular complexity index is 984. The molecular weight excluding hydrogens is 456 g/mol. The summed E-state index contributed by atoms with van der Waals surface area (Å²) >= 11 is 0. The van der Waals surface area contributed by atoms with Gasteiger partial charge < -0.3 is 14.2 Å². The van der Waals surface area contributed by atoms with Gasteiger partial charge in [-0.25, -0.2) is 0 Å². The molecule has 4 rings (SSSR count). The number of aryl methyl sites for hydroxylation is 2. The van der Waals surface area contributed by atoms with Crippen molar-refractivity contribution in [1.82, 2.24) is 0 Å². The second-order valence-electron chi connectivity index (χ2n) is 13.3. The van der Waals surface area contributed by atoms with Crippen LogP contribution in [-0.2, 0) is 28.4 Å². The van der Waals surface area contributed by atoms with Crippen LogP contribution in [0.1, 0.15) is 138 Å². The molecule has 2 aliphatic rings. The molecule has 1 aliphatic heterocycles. The van der Waals surface area contributed by atoms with E-state index < -0.39 is 0 Å². The third-order valence-electron chi connectivity index (χ3n) is 8.28. The van der Waals surface area contributed by atoms with E-state index in [1.165, 1.54) is 84.7 Å². The van der Waals surface area contributed by atoms with Crippen LogP contribution in [0, 0.1) is 0 Å². The first-order valence-corrected chi connectivity index (χ1v) is 14.6. The van der Waals surface area contributed by atoms with Crippen LogP contribution in [0.15, 0.2) is 24.3 Å². The lowest BCUT2D eigenvalue weighted by atomic mass is 9.82. The van der Waals surface area contributed by atoms with Crippen LogP contribution in [-0.4, -0.2) is 14.2 Å². The fourth-order valence-corrected chi connectivity index (χ4v) is 5.86. The maximum Gasteiger partial charge on any atom is 0.127 e. The summed E-state index contributed by atoms with van der Waals surface area (Å²) in [6.45, 7) is 13.8. The third-order valence-corrected chi connectivity index (χ3v) is 8.28. The van der Waals surface area contributed by atoms with E-state index in [-0.39, 0.29) is 23.0 Å². The van der Waals surface area contributed by atoms with E-state index in [9.17, 15) is 0 Å². The Labute approximate surface area is 226 Å². The number of methoxy groups -OCH3 is 2. The molecule has 0 spiro atoms. The zero-order chi connectivity index (χ0) is 26.8. The molecule has 4 bridgehead atoms. The zero-order valence-corrected chi connectivity index (χ0v) is 24.8. The Balaban J connectivity index is 1.82. The maximum absolute atomic E-state index is 6.52. The lowest BCUT2D eigenvalue weighted by Crippen LogP contribution is -2.14. The standard InChI is InChI=1S/C34H50O3/c1-33(2,3)25-19-23-17-15-13-11-9-10-12-14-16-18-24-20-26(34(4,5)6)22-28(30(24)36-8)32-31(37-32)27(21-25)29(23)35-7/h19-22,31-32H,9-18H2,1-8H3/t31-,32+. The predicted octanol–water partition coefficient (Wildman–Crippen LogP) is 9.33. The summed E-state index contributed by atoms with van der Waals surface area (Å²) in [5.41, 5.74) is 7.90. The molecule has 0 N–H and O–H groups in total. The molecule has 2 aromatic carbocycles. The van der Waals surface area contributed by atoms with Crippen molar-refractivity contribution < 1.29 is 14.2 Å². The van der Waals surface area contributed by atoms with Gasteiger partial charge in [0, 0.05) is 11.1 Å². The van der Waals surface area contributed by atoms with Gasteiger partial charge in [0.1, 0.15) is 23.7 Å². The van der Waals surface area contributed by atoms with Crippen LogP contribution in [0.5, 0.6) is 11.5 Å². The second-order valence-corrected chi connectivity index (χ2v) is 13.3. The summed E-state index contributed by atoms with van der Waals surface area (Å²) in [6, 6.07) is 9.45. The molecule has 3 nitrogen and oxygen atoms in total. The molecule has 37 heavy (non-hydrogen) atoms. The summed E-state index contributed by atoms with van der Waals surface area (Å²) < 4.78 is 18.7. The van der Waals surface area contributed by atoms with Crippen molar-refractivity contribution >= 4 is 0 Å². The largest absolute Gasteiger partial charge is 0.496 e. The van der Waals surface area contributed by atoms with Gasteiger partial charge in [-0.3, -0.25) is 0 Å². The van der Waals surface area contributed by atoms with Gasteiger partial charge >= 0.3 is 0 Å². The molecule has 204 valence electrons. The minimum Gasteiger partial charge on any atom is -0.496 e. The van der Waals surface area contributed by atoms with Crippen molar-refractivity contribution in [3.8, 4) is 11.5 Å². The Hall–Kier alpha value is -2.00. The van der Waals surface area contributed by atoms with E-state index in [4.69, 9.17) is 14.2 Å². The third kappa shape index (κ3) is 6.53. The first-order chi connectivity index (χ1) is 17.5. The smallest absolute Gasteiger partial charge is 0.127 e. The number of ether oxygens (including phenoxy) is 3. The topological polar surface area (TPSA) is 31.0 Å². The summed E-state index contributed by atoms with van der Waals surface area (Å²) in [6.07, 6.45) is 12.4. The molecule has 0 radical (unpaired) electrons. The fourth-order valence-electron chi connectivity index (χ4n) is 5.86. The Morgan fingerprint density at radius 1 is 0.568 bits per heavy atom.